The van der Waals surface area contributed by atoms with E-state index in [0.717, 1.165) is 35.8 Å². The zero-order chi connectivity index (χ0) is 12.8. The smallest absolute Gasteiger partial charge is 0.0847 e. The maximum Gasteiger partial charge on any atom is 0.0847 e. The minimum atomic E-state index is 0.473. The van der Waals surface area contributed by atoms with E-state index in [9.17, 15) is 0 Å². The van der Waals surface area contributed by atoms with Gasteiger partial charge < -0.3 is 5.32 Å². The van der Waals surface area contributed by atoms with E-state index in [4.69, 9.17) is 11.6 Å². The second-order valence-electron chi connectivity index (χ2n) is 4.13. The summed E-state index contributed by atoms with van der Waals surface area (Å²) >= 11 is 8.19. The molecule has 1 rings (SSSR count). The van der Waals surface area contributed by atoms with Crippen molar-refractivity contribution in [3.05, 3.63) is 16.4 Å². The SMILES string of the molecule is CCn1nc(C)c(Cl)c1CC(CCSC)NC. The molecule has 0 aliphatic carbocycles. The topological polar surface area (TPSA) is 29.9 Å². The molecule has 0 fully saturated rings. The Hall–Kier alpha value is -0.190. The quantitative estimate of drug-likeness (QED) is 0.830. The third-order valence-corrected chi connectivity index (χ3v) is 4.11. The Morgan fingerprint density at radius 3 is 2.76 bits per heavy atom. The van der Waals surface area contributed by atoms with E-state index >= 15 is 0 Å². The third-order valence-electron chi connectivity index (χ3n) is 2.97. The monoisotopic (exact) mass is 275 g/mol. The summed E-state index contributed by atoms with van der Waals surface area (Å²) < 4.78 is 2.01. The zero-order valence-electron chi connectivity index (χ0n) is 11.1. The van der Waals surface area contributed by atoms with E-state index in [0.29, 0.717) is 6.04 Å². The van der Waals surface area contributed by atoms with Crippen molar-refractivity contribution in [1.29, 1.82) is 0 Å². The van der Waals surface area contributed by atoms with E-state index < -0.39 is 0 Å². The number of hydrogen-bond acceptors (Lipinski definition) is 3. The van der Waals surface area contributed by atoms with Crippen LogP contribution in [0.5, 0.6) is 0 Å². The molecule has 1 N–H and O–H groups in total. The van der Waals surface area contributed by atoms with E-state index in [-0.39, 0.29) is 0 Å². The Morgan fingerprint density at radius 1 is 1.53 bits per heavy atom. The van der Waals surface area contributed by atoms with Crippen LogP contribution >= 0.6 is 23.4 Å². The molecule has 0 aromatic carbocycles. The van der Waals surface area contributed by atoms with Gasteiger partial charge >= 0.3 is 0 Å². The van der Waals surface area contributed by atoms with Gasteiger partial charge in [0.2, 0.25) is 0 Å². The molecule has 0 amide bonds. The summed E-state index contributed by atoms with van der Waals surface area (Å²) in [5.74, 6) is 1.17. The number of nitrogens with one attached hydrogen (secondary N) is 1. The van der Waals surface area contributed by atoms with Crippen LogP contribution in [0, 0.1) is 6.92 Å². The predicted octanol–water partition coefficient (Wildman–Crippen LogP) is 2.75. The summed E-state index contributed by atoms with van der Waals surface area (Å²) in [6, 6.07) is 0.473. The molecule has 3 nitrogen and oxygen atoms in total. The van der Waals surface area contributed by atoms with Gasteiger partial charge in [0.05, 0.1) is 16.4 Å². The first kappa shape index (κ1) is 14.9. The fraction of sp³-hybridized carbons (Fsp3) is 0.750. The van der Waals surface area contributed by atoms with Gasteiger partial charge in [0, 0.05) is 19.0 Å². The van der Waals surface area contributed by atoms with Crippen LogP contribution in [0.25, 0.3) is 0 Å². The molecule has 17 heavy (non-hydrogen) atoms. The number of thioether (sulfide) groups is 1. The highest BCUT2D eigenvalue weighted by Crippen LogP contribution is 2.22. The highest BCUT2D eigenvalue weighted by atomic mass is 35.5. The molecule has 0 saturated carbocycles. The van der Waals surface area contributed by atoms with Gasteiger partial charge in [-0.05, 0) is 39.3 Å². The predicted molar refractivity (Wildman–Crippen MR) is 77.2 cm³/mol. The van der Waals surface area contributed by atoms with E-state index in [2.05, 4.69) is 23.6 Å². The molecule has 0 aliphatic heterocycles. The van der Waals surface area contributed by atoms with E-state index in [1.165, 1.54) is 5.75 Å². The van der Waals surface area contributed by atoms with Crippen molar-refractivity contribution in [3.63, 3.8) is 0 Å². The Bertz CT molecular complexity index is 352. The number of hydrogen-bond donors (Lipinski definition) is 1. The first-order valence-corrected chi connectivity index (χ1v) is 7.79. The van der Waals surface area contributed by atoms with Crippen LogP contribution in [0.2, 0.25) is 5.02 Å². The van der Waals surface area contributed by atoms with Gasteiger partial charge in [-0.1, -0.05) is 11.6 Å². The van der Waals surface area contributed by atoms with Gasteiger partial charge in [0.25, 0.3) is 0 Å². The fourth-order valence-electron chi connectivity index (χ4n) is 1.91. The van der Waals surface area contributed by atoms with Crippen LogP contribution in [-0.2, 0) is 13.0 Å². The number of halogens is 1. The lowest BCUT2D eigenvalue weighted by Gasteiger charge is -2.16. The zero-order valence-corrected chi connectivity index (χ0v) is 12.7. The lowest BCUT2D eigenvalue weighted by Crippen LogP contribution is -2.29. The normalized spacial score (nSPS) is 13.0. The third kappa shape index (κ3) is 3.90. The number of aryl methyl sites for hydroxylation is 2. The summed E-state index contributed by atoms with van der Waals surface area (Å²) in [6.45, 7) is 4.94. The molecular weight excluding hydrogens is 254 g/mol. The number of aromatic nitrogens is 2. The molecule has 1 aromatic rings. The lowest BCUT2D eigenvalue weighted by molar-refractivity contribution is 0.513. The second-order valence-corrected chi connectivity index (χ2v) is 5.50. The van der Waals surface area contributed by atoms with Gasteiger partial charge in [-0.15, -0.1) is 0 Å². The average molecular weight is 276 g/mol. The average Bonchev–Trinajstić information content (AvgIpc) is 2.61. The molecule has 0 radical (unpaired) electrons. The van der Waals surface area contributed by atoms with Crippen LogP contribution in [-0.4, -0.2) is 34.9 Å². The molecule has 1 heterocycles. The Labute approximate surface area is 113 Å². The molecule has 1 atom stereocenters. The van der Waals surface area contributed by atoms with Crippen molar-refractivity contribution in [2.75, 3.05) is 19.1 Å². The molecule has 0 aliphatic rings. The number of nitrogens with zero attached hydrogens (tertiary/aromatic N) is 2. The van der Waals surface area contributed by atoms with Crippen molar-refractivity contribution >= 4 is 23.4 Å². The van der Waals surface area contributed by atoms with Crippen molar-refractivity contribution in [2.24, 2.45) is 0 Å². The van der Waals surface area contributed by atoms with Crippen molar-refractivity contribution < 1.29 is 0 Å². The largest absolute Gasteiger partial charge is 0.317 e. The molecule has 98 valence electrons. The Balaban J connectivity index is 2.77. The fourth-order valence-corrected chi connectivity index (χ4v) is 2.64. The Morgan fingerprint density at radius 2 is 2.24 bits per heavy atom. The standard InChI is InChI=1S/C12H22ClN3S/c1-5-16-11(12(13)9(2)15-16)8-10(14-3)6-7-17-4/h10,14H,5-8H2,1-4H3. The molecule has 1 unspecified atom stereocenters. The molecule has 5 heteroatoms. The van der Waals surface area contributed by atoms with Gasteiger partial charge in [-0.2, -0.15) is 16.9 Å². The summed E-state index contributed by atoms with van der Waals surface area (Å²) in [5, 5.41) is 8.64. The number of rotatable bonds is 7. The second kappa shape index (κ2) is 7.29. The van der Waals surface area contributed by atoms with E-state index in [1.807, 2.05) is 30.4 Å². The molecule has 0 spiro atoms. The minimum absolute atomic E-state index is 0.473. The molecule has 0 saturated heterocycles. The first-order valence-electron chi connectivity index (χ1n) is 6.02. The van der Waals surface area contributed by atoms with Gasteiger partial charge in [-0.25, -0.2) is 0 Å². The van der Waals surface area contributed by atoms with Crippen LogP contribution in [0.15, 0.2) is 0 Å². The van der Waals surface area contributed by atoms with Gasteiger partial charge in [-0.3, -0.25) is 4.68 Å². The maximum atomic E-state index is 6.31. The van der Waals surface area contributed by atoms with Crippen LogP contribution in [0.3, 0.4) is 0 Å². The lowest BCUT2D eigenvalue weighted by atomic mass is 10.1. The highest BCUT2D eigenvalue weighted by Gasteiger charge is 2.16. The number of likely N-dealkylation sites (N-methyl/N-ethyl adjacent to an activating group) is 1. The van der Waals surface area contributed by atoms with Crippen LogP contribution < -0.4 is 5.32 Å². The van der Waals surface area contributed by atoms with Crippen molar-refractivity contribution in [3.8, 4) is 0 Å². The molecular formula is C12H22ClN3S. The van der Waals surface area contributed by atoms with E-state index in [1.54, 1.807) is 0 Å². The summed E-state index contributed by atoms with van der Waals surface area (Å²) in [6.07, 6.45) is 4.24. The van der Waals surface area contributed by atoms with Crippen molar-refractivity contribution in [1.82, 2.24) is 15.1 Å². The van der Waals surface area contributed by atoms with Crippen LogP contribution in [0.1, 0.15) is 24.7 Å². The Kier molecular flexibility index (Phi) is 6.38. The summed E-state index contributed by atoms with van der Waals surface area (Å²) in [5.41, 5.74) is 2.09. The summed E-state index contributed by atoms with van der Waals surface area (Å²) in [4.78, 5) is 0. The first-order chi connectivity index (χ1) is 8.13. The molecule has 1 aromatic heterocycles. The maximum absolute atomic E-state index is 6.31. The van der Waals surface area contributed by atoms with Gasteiger partial charge in [0.1, 0.15) is 0 Å². The minimum Gasteiger partial charge on any atom is -0.317 e. The van der Waals surface area contributed by atoms with Crippen molar-refractivity contribution in [2.45, 2.75) is 39.3 Å². The highest BCUT2D eigenvalue weighted by molar-refractivity contribution is 7.98. The van der Waals surface area contributed by atoms with Gasteiger partial charge in [0.15, 0.2) is 0 Å². The summed E-state index contributed by atoms with van der Waals surface area (Å²) in [7, 11) is 2.01. The molecule has 0 bridgehead atoms. The van der Waals surface area contributed by atoms with Crippen LogP contribution in [0.4, 0.5) is 0 Å².